The zero-order valence-electron chi connectivity index (χ0n) is 10.4. The molecule has 0 aliphatic rings. The molecule has 6 nitrogen and oxygen atoms in total. The molecule has 1 rings (SSSR count). The SMILES string of the molecule is CS(=O)(=O)Nc1cc(NC(=O)CCCN)ccc1F. The fraction of sp³-hybridized carbons (Fsp3) is 0.364. The van der Waals surface area contributed by atoms with Crippen molar-refractivity contribution in [3.05, 3.63) is 24.0 Å². The number of sulfonamides is 1. The van der Waals surface area contributed by atoms with E-state index in [9.17, 15) is 17.6 Å². The van der Waals surface area contributed by atoms with Crippen LogP contribution in [-0.2, 0) is 14.8 Å². The summed E-state index contributed by atoms with van der Waals surface area (Å²) in [5, 5.41) is 2.53. The van der Waals surface area contributed by atoms with Gasteiger partial charge in [-0.2, -0.15) is 0 Å². The van der Waals surface area contributed by atoms with Crippen LogP contribution in [0.3, 0.4) is 0 Å². The second-order valence-corrected chi connectivity index (χ2v) is 5.76. The van der Waals surface area contributed by atoms with E-state index in [-0.39, 0.29) is 18.0 Å². The van der Waals surface area contributed by atoms with E-state index in [0.717, 1.165) is 12.3 Å². The van der Waals surface area contributed by atoms with Crippen LogP contribution in [-0.4, -0.2) is 27.1 Å². The Balaban J connectivity index is 2.81. The van der Waals surface area contributed by atoms with Crippen molar-refractivity contribution in [3.63, 3.8) is 0 Å². The van der Waals surface area contributed by atoms with Gasteiger partial charge in [0.1, 0.15) is 5.82 Å². The van der Waals surface area contributed by atoms with Crippen molar-refractivity contribution >= 4 is 27.3 Å². The molecule has 0 bridgehead atoms. The molecular weight excluding hydrogens is 273 g/mol. The molecule has 0 saturated carbocycles. The second-order valence-electron chi connectivity index (χ2n) is 4.01. The maximum absolute atomic E-state index is 13.4. The van der Waals surface area contributed by atoms with E-state index in [1.807, 2.05) is 4.72 Å². The molecule has 1 amide bonds. The van der Waals surface area contributed by atoms with Gasteiger partial charge in [-0.15, -0.1) is 0 Å². The van der Waals surface area contributed by atoms with E-state index in [1.54, 1.807) is 0 Å². The summed E-state index contributed by atoms with van der Waals surface area (Å²) in [4.78, 5) is 11.5. The number of nitrogens with one attached hydrogen (secondary N) is 2. The molecule has 0 aromatic heterocycles. The van der Waals surface area contributed by atoms with Gasteiger partial charge in [0.15, 0.2) is 0 Å². The normalized spacial score (nSPS) is 11.1. The minimum Gasteiger partial charge on any atom is -0.330 e. The van der Waals surface area contributed by atoms with Gasteiger partial charge >= 0.3 is 0 Å². The molecule has 1 aromatic carbocycles. The number of rotatable bonds is 6. The van der Waals surface area contributed by atoms with Crippen molar-refractivity contribution in [2.24, 2.45) is 5.73 Å². The van der Waals surface area contributed by atoms with Gasteiger partial charge in [0.2, 0.25) is 15.9 Å². The highest BCUT2D eigenvalue weighted by Gasteiger charge is 2.09. The van der Waals surface area contributed by atoms with Gasteiger partial charge in [-0.25, -0.2) is 12.8 Å². The van der Waals surface area contributed by atoms with Crippen molar-refractivity contribution in [1.82, 2.24) is 0 Å². The van der Waals surface area contributed by atoms with Crippen LogP contribution < -0.4 is 15.8 Å². The van der Waals surface area contributed by atoms with Gasteiger partial charge in [0.05, 0.1) is 11.9 Å². The third kappa shape index (κ3) is 5.66. The molecule has 0 aliphatic heterocycles. The van der Waals surface area contributed by atoms with Crippen molar-refractivity contribution in [2.45, 2.75) is 12.8 Å². The Morgan fingerprint density at radius 2 is 2.11 bits per heavy atom. The minimum atomic E-state index is -3.58. The average Bonchev–Trinajstić information content (AvgIpc) is 2.29. The van der Waals surface area contributed by atoms with E-state index in [0.29, 0.717) is 18.7 Å². The van der Waals surface area contributed by atoms with Crippen molar-refractivity contribution in [3.8, 4) is 0 Å². The predicted octanol–water partition coefficient (Wildman–Crippen LogP) is 0.875. The second kappa shape index (κ2) is 6.48. The summed E-state index contributed by atoms with van der Waals surface area (Å²) in [6.07, 6.45) is 1.71. The van der Waals surface area contributed by atoms with Crippen molar-refractivity contribution < 1.29 is 17.6 Å². The monoisotopic (exact) mass is 289 g/mol. The third-order valence-corrected chi connectivity index (χ3v) is 2.74. The first-order valence-electron chi connectivity index (χ1n) is 5.59. The van der Waals surface area contributed by atoms with Crippen LogP contribution in [0.1, 0.15) is 12.8 Å². The standard InChI is InChI=1S/C11H16FN3O3S/c1-19(17,18)15-10-7-8(4-5-9(10)12)14-11(16)3-2-6-13/h4-5,7,15H,2-3,6,13H2,1H3,(H,14,16). The summed E-state index contributed by atoms with van der Waals surface area (Å²) >= 11 is 0. The minimum absolute atomic E-state index is 0.209. The predicted molar refractivity (Wildman–Crippen MR) is 71.8 cm³/mol. The summed E-state index contributed by atoms with van der Waals surface area (Å²) in [7, 11) is -3.58. The first kappa shape index (κ1) is 15.4. The largest absolute Gasteiger partial charge is 0.330 e. The number of anilines is 2. The Labute approximate surface area is 111 Å². The summed E-state index contributed by atoms with van der Waals surface area (Å²) in [5.41, 5.74) is 5.38. The van der Waals surface area contributed by atoms with Crippen LogP contribution in [0, 0.1) is 5.82 Å². The van der Waals surface area contributed by atoms with Gasteiger partial charge in [-0.1, -0.05) is 0 Å². The zero-order chi connectivity index (χ0) is 14.5. The first-order chi connectivity index (χ1) is 8.81. The summed E-state index contributed by atoms with van der Waals surface area (Å²) < 4.78 is 37.5. The number of hydrogen-bond acceptors (Lipinski definition) is 4. The lowest BCUT2D eigenvalue weighted by atomic mass is 10.2. The molecule has 0 spiro atoms. The van der Waals surface area contributed by atoms with Gasteiger partial charge < -0.3 is 11.1 Å². The smallest absolute Gasteiger partial charge is 0.229 e. The van der Waals surface area contributed by atoms with E-state index in [2.05, 4.69) is 5.32 Å². The average molecular weight is 289 g/mol. The number of hydrogen-bond donors (Lipinski definition) is 3. The Morgan fingerprint density at radius 1 is 1.42 bits per heavy atom. The molecule has 0 unspecified atom stereocenters. The van der Waals surface area contributed by atoms with Crippen LogP contribution in [0.15, 0.2) is 18.2 Å². The Kier molecular flexibility index (Phi) is 5.25. The fourth-order valence-electron chi connectivity index (χ4n) is 1.37. The van der Waals surface area contributed by atoms with Crippen LogP contribution in [0.25, 0.3) is 0 Å². The highest BCUT2D eigenvalue weighted by molar-refractivity contribution is 7.92. The van der Waals surface area contributed by atoms with Gasteiger partial charge in [-0.05, 0) is 31.2 Å². The molecule has 106 valence electrons. The van der Waals surface area contributed by atoms with E-state index in [1.165, 1.54) is 12.1 Å². The van der Waals surface area contributed by atoms with Crippen LogP contribution in [0.4, 0.5) is 15.8 Å². The molecule has 8 heteroatoms. The Morgan fingerprint density at radius 3 is 2.68 bits per heavy atom. The topological polar surface area (TPSA) is 101 Å². The molecule has 4 N–H and O–H groups in total. The molecule has 0 fully saturated rings. The summed E-state index contributed by atoms with van der Waals surface area (Å²) in [5.74, 6) is -0.979. The first-order valence-corrected chi connectivity index (χ1v) is 7.48. The molecule has 19 heavy (non-hydrogen) atoms. The van der Waals surface area contributed by atoms with Crippen LogP contribution in [0.2, 0.25) is 0 Å². The molecule has 0 saturated heterocycles. The van der Waals surface area contributed by atoms with Gasteiger partial charge in [-0.3, -0.25) is 9.52 Å². The quantitative estimate of drug-likeness (QED) is 0.723. The maximum Gasteiger partial charge on any atom is 0.229 e. The lowest BCUT2D eigenvalue weighted by molar-refractivity contribution is -0.116. The van der Waals surface area contributed by atoms with Crippen LogP contribution >= 0.6 is 0 Å². The van der Waals surface area contributed by atoms with E-state index in [4.69, 9.17) is 5.73 Å². The number of halogens is 1. The van der Waals surface area contributed by atoms with E-state index < -0.39 is 15.8 Å². The molecule has 0 heterocycles. The number of benzene rings is 1. The van der Waals surface area contributed by atoms with E-state index >= 15 is 0 Å². The Bertz CT molecular complexity index is 560. The fourth-order valence-corrected chi connectivity index (χ4v) is 1.92. The van der Waals surface area contributed by atoms with Crippen molar-refractivity contribution in [2.75, 3.05) is 22.8 Å². The number of amides is 1. The van der Waals surface area contributed by atoms with Crippen LogP contribution in [0.5, 0.6) is 0 Å². The van der Waals surface area contributed by atoms with Crippen molar-refractivity contribution in [1.29, 1.82) is 0 Å². The number of carbonyl (C=O) groups excluding carboxylic acids is 1. The molecule has 0 aliphatic carbocycles. The van der Waals surface area contributed by atoms with Gasteiger partial charge in [0, 0.05) is 12.1 Å². The van der Waals surface area contributed by atoms with Gasteiger partial charge in [0.25, 0.3) is 0 Å². The molecular formula is C11H16FN3O3S. The molecule has 1 aromatic rings. The zero-order valence-corrected chi connectivity index (χ0v) is 11.3. The number of carbonyl (C=O) groups is 1. The number of nitrogens with two attached hydrogens (primary N) is 1. The third-order valence-electron chi connectivity index (χ3n) is 2.15. The lowest BCUT2D eigenvalue weighted by Crippen LogP contribution is -2.14. The lowest BCUT2D eigenvalue weighted by Gasteiger charge is -2.09. The highest BCUT2D eigenvalue weighted by atomic mass is 32.2. The Hall–Kier alpha value is -1.67. The molecule has 0 radical (unpaired) electrons. The summed E-state index contributed by atoms with van der Waals surface area (Å²) in [6, 6.07) is 3.64. The maximum atomic E-state index is 13.4. The molecule has 0 atom stereocenters. The highest BCUT2D eigenvalue weighted by Crippen LogP contribution is 2.20. The summed E-state index contributed by atoms with van der Waals surface area (Å²) in [6.45, 7) is 0.401.